The minimum Gasteiger partial charge on any atom is -0.489 e. The maximum Gasteiger partial charge on any atom is 0.387 e. The number of halogens is 2. The molecule has 1 saturated carbocycles. The Morgan fingerprint density at radius 1 is 1.27 bits per heavy atom. The van der Waals surface area contributed by atoms with E-state index in [1.165, 1.54) is 12.5 Å². The topological polar surface area (TPSA) is 47.6 Å². The number of nitrogens with one attached hydrogen (secondary N) is 1. The van der Waals surface area contributed by atoms with Gasteiger partial charge in [-0.1, -0.05) is 12.5 Å². The van der Waals surface area contributed by atoms with Gasteiger partial charge in [0.25, 0.3) is 0 Å². The summed E-state index contributed by atoms with van der Waals surface area (Å²) in [6.07, 6.45) is 3.85. The van der Waals surface area contributed by atoms with Crippen LogP contribution in [0.4, 0.5) is 8.78 Å². The van der Waals surface area contributed by atoms with E-state index < -0.39 is 6.61 Å². The molecule has 22 heavy (non-hydrogen) atoms. The van der Waals surface area contributed by atoms with Crippen molar-refractivity contribution in [1.29, 1.82) is 0 Å². The summed E-state index contributed by atoms with van der Waals surface area (Å²) in [5.41, 5.74) is 0.906. The van der Waals surface area contributed by atoms with Gasteiger partial charge in [0.05, 0.1) is 6.61 Å². The molecule has 1 saturated heterocycles. The van der Waals surface area contributed by atoms with Crippen LogP contribution in [0.25, 0.3) is 0 Å². The Labute approximate surface area is 127 Å². The standard InChI is InChI=1S/C16H19F2NO3/c17-16(18)22-13-5-4-11(12-7-15(20)19-8-12)6-14(13)21-9-10-2-1-3-10/h4-6,10,12,16H,1-3,7-9H2,(H,19,20)/t12-/m0/s1. The minimum atomic E-state index is -2.88. The number of benzene rings is 1. The third-order valence-electron chi connectivity index (χ3n) is 4.33. The largest absolute Gasteiger partial charge is 0.489 e. The Balaban J connectivity index is 1.75. The van der Waals surface area contributed by atoms with E-state index in [1.807, 2.05) is 0 Å². The Morgan fingerprint density at radius 3 is 2.68 bits per heavy atom. The van der Waals surface area contributed by atoms with Crippen LogP contribution in [0, 0.1) is 5.92 Å². The first-order chi connectivity index (χ1) is 10.6. The van der Waals surface area contributed by atoms with Crippen molar-refractivity contribution in [2.24, 2.45) is 5.92 Å². The summed E-state index contributed by atoms with van der Waals surface area (Å²) in [5, 5.41) is 2.77. The molecular formula is C16H19F2NO3. The second-order valence-electron chi connectivity index (χ2n) is 5.90. The molecule has 2 fully saturated rings. The molecule has 1 amide bonds. The van der Waals surface area contributed by atoms with Crippen molar-refractivity contribution in [2.75, 3.05) is 13.2 Å². The van der Waals surface area contributed by atoms with Crippen LogP contribution < -0.4 is 14.8 Å². The Kier molecular flexibility index (Phi) is 4.45. The van der Waals surface area contributed by atoms with Crippen molar-refractivity contribution in [3.05, 3.63) is 23.8 Å². The second-order valence-corrected chi connectivity index (χ2v) is 5.90. The average molecular weight is 311 g/mol. The van der Waals surface area contributed by atoms with E-state index in [1.54, 1.807) is 12.1 Å². The van der Waals surface area contributed by atoms with E-state index in [4.69, 9.17) is 4.74 Å². The quantitative estimate of drug-likeness (QED) is 0.878. The third-order valence-corrected chi connectivity index (χ3v) is 4.33. The first-order valence-corrected chi connectivity index (χ1v) is 7.60. The average Bonchev–Trinajstić information content (AvgIpc) is 2.85. The van der Waals surface area contributed by atoms with Crippen LogP contribution in [0.15, 0.2) is 18.2 Å². The highest BCUT2D eigenvalue weighted by atomic mass is 19.3. The number of ether oxygens (including phenoxy) is 2. The highest BCUT2D eigenvalue weighted by molar-refractivity contribution is 5.79. The van der Waals surface area contributed by atoms with Crippen LogP contribution in [-0.2, 0) is 4.79 Å². The molecule has 1 aliphatic carbocycles. The zero-order chi connectivity index (χ0) is 15.5. The van der Waals surface area contributed by atoms with Gasteiger partial charge >= 0.3 is 6.61 Å². The summed E-state index contributed by atoms with van der Waals surface area (Å²) in [6, 6.07) is 4.95. The van der Waals surface area contributed by atoms with Gasteiger partial charge < -0.3 is 14.8 Å². The molecule has 6 heteroatoms. The van der Waals surface area contributed by atoms with Crippen molar-refractivity contribution in [1.82, 2.24) is 5.32 Å². The Hall–Kier alpha value is -1.85. The van der Waals surface area contributed by atoms with Crippen LogP contribution in [0.5, 0.6) is 11.5 Å². The third kappa shape index (κ3) is 3.48. The van der Waals surface area contributed by atoms with Crippen molar-refractivity contribution in [2.45, 2.75) is 38.2 Å². The Morgan fingerprint density at radius 2 is 2.09 bits per heavy atom. The molecule has 1 heterocycles. The number of hydrogen-bond acceptors (Lipinski definition) is 3. The molecule has 2 aliphatic rings. The van der Waals surface area contributed by atoms with Gasteiger partial charge in [0.1, 0.15) is 0 Å². The van der Waals surface area contributed by atoms with Crippen LogP contribution in [-0.4, -0.2) is 25.7 Å². The SMILES string of the molecule is O=C1C[C@H](c2ccc(OC(F)F)c(OCC3CCC3)c2)CN1. The smallest absolute Gasteiger partial charge is 0.387 e. The maximum absolute atomic E-state index is 12.5. The van der Waals surface area contributed by atoms with Gasteiger partial charge in [0.2, 0.25) is 5.91 Å². The summed E-state index contributed by atoms with van der Waals surface area (Å²) in [5.74, 6) is 0.950. The van der Waals surface area contributed by atoms with Gasteiger partial charge in [-0.2, -0.15) is 8.78 Å². The van der Waals surface area contributed by atoms with E-state index >= 15 is 0 Å². The highest BCUT2D eigenvalue weighted by Gasteiger charge is 2.25. The normalized spacial score (nSPS) is 21.6. The van der Waals surface area contributed by atoms with Gasteiger partial charge in [-0.05, 0) is 36.5 Å². The minimum absolute atomic E-state index is 0.00911. The second kappa shape index (κ2) is 6.50. The van der Waals surface area contributed by atoms with Crippen molar-refractivity contribution >= 4 is 5.91 Å². The predicted octanol–water partition coefficient (Wildman–Crippen LogP) is 3.07. The molecule has 3 rings (SSSR count). The van der Waals surface area contributed by atoms with Gasteiger partial charge in [-0.25, -0.2) is 0 Å². The fraction of sp³-hybridized carbons (Fsp3) is 0.562. The monoisotopic (exact) mass is 311 g/mol. The molecule has 1 N–H and O–H groups in total. The summed E-state index contributed by atoms with van der Waals surface area (Å²) in [4.78, 5) is 11.3. The zero-order valence-electron chi connectivity index (χ0n) is 12.2. The molecule has 0 radical (unpaired) electrons. The molecule has 1 aliphatic heterocycles. The molecular weight excluding hydrogens is 292 g/mol. The molecule has 0 aromatic heterocycles. The fourth-order valence-corrected chi connectivity index (χ4v) is 2.79. The summed E-state index contributed by atoms with van der Waals surface area (Å²) < 4.78 is 35.2. The summed E-state index contributed by atoms with van der Waals surface area (Å²) >= 11 is 0. The van der Waals surface area contributed by atoms with Gasteiger partial charge in [-0.15, -0.1) is 0 Å². The van der Waals surface area contributed by atoms with E-state index in [9.17, 15) is 13.6 Å². The number of rotatable bonds is 6. The summed E-state index contributed by atoms with van der Waals surface area (Å²) in [7, 11) is 0. The number of carbonyl (C=O) groups is 1. The van der Waals surface area contributed by atoms with E-state index in [-0.39, 0.29) is 17.6 Å². The molecule has 4 nitrogen and oxygen atoms in total. The molecule has 0 bridgehead atoms. The highest BCUT2D eigenvalue weighted by Crippen LogP contribution is 2.35. The van der Waals surface area contributed by atoms with Crippen LogP contribution >= 0.6 is 0 Å². The van der Waals surface area contributed by atoms with Crippen molar-refractivity contribution < 1.29 is 23.0 Å². The molecule has 1 aromatic rings. The predicted molar refractivity (Wildman–Crippen MR) is 76.3 cm³/mol. The van der Waals surface area contributed by atoms with Gasteiger partial charge in [0, 0.05) is 18.9 Å². The van der Waals surface area contributed by atoms with Crippen LogP contribution in [0.1, 0.15) is 37.2 Å². The Bertz CT molecular complexity index is 546. The maximum atomic E-state index is 12.5. The lowest BCUT2D eigenvalue weighted by Gasteiger charge is -2.26. The van der Waals surface area contributed by atoms with Gasteiger partial charge in [0.15, 0.2) is 11.5 Å². The lowest BCUT2D eigenvalue weighted by Crippen LogP contribution is -2.19. The van der Waals surface area contributed by atoms with Crippen molar-refractivity contribution in [3.63, 3.8) is 0 Å². The molecule has 0 spiro atoms. The summed E-state index contributed by atoms with van der Waals surface area (Å²) in [6.45, 7) is -1.80. The van der Waals surface area contributed by atoms with Crippen molar-refractivity contribution in [3.8, 4) is 11.5 Å². The molecule has 1 aromatic carbocycles. The lowest BCUT2D eigenvalue weighted by molar-refractivity contribution is -0.119. The van der Waals surface area contributed by atoms with E-state index in [2.05, 4.69) is 10.1 Å². The number of alkyl halides is 2. The molecule has 0 unspecified atom stereocenters. The lowest BCUT2D eigenvalue weighted by atomic mass is 9.86. The van der Waals surface area contributed by atoms with Crippen LogP contribution in [0.2, 0.25) is 0 Å². The number of amides is 1. The number of carbonyl (C=O) groups excluding carboxylic acids is 1. The van der Waals surface area contributed by atoms with E-state index in [0.29, 0.717) is 31.2 Å². The molecule has 1 atom stereocenters. The molecule has 120 valence electrons. The first-order valence-electron chi connectivity index (χ1n) is 7.60. The zero-order valence-corrected chi connectivity index (χ0v) is 12.2. The number of hydrogen-bond donors (Lipinski definition) is 1. The fourth-order valence-electron chi connectivity index (χ4n) is 2.79. The van der Waals surface area contributed by atoms with Crippen LogP contribution in [0.3, 0.4) is 0 Å². The van der Waals surface area contributed by atoms with E-state index in [0.717, 1.165) is 18.4 Å². The first kappa shape index (κ1) is 15.1. The van der Waals surface area contributed by atoms with Gasteiger partial charge in [-0.3, -0.25) is 4.79 Å².